The van der Waals surface area contributed by atoms with Crippen molar-refractivity contribution in [2.24, 2.45) is 17.3 Å². The predicted octanol–water partition coefficient (Wildman–Crippen LogP) is 6.04. The van der Waals surface area contributed by atoms with E-state index in [1.54, 1.807) is 60.8 Å². The van der Waals surface area contributed by atoms with Gasteiger partial charge in [0.1, 0.15) is 40.8 Å². The summed E-state index contributed by atoms with van der Waals surface area (Å²) >= 11 is 0. The zero-order chi connectivity index (χ0) is 43.4. The number of methoxy groups -OCH3 is 1. The minimum Gasteiger partial charge on any atom is -0.497 e. The molecule has 15 heteroatoms. The van der Waals surface area contributed by atoms with Gasteiger partial charge in [-0.3, -0.25) is 19.1 Å². The van der Waals surface area contributed by atoms with Crippen molar-refractivity contribution >= 4 is 44.7 Å². The largest absolute Gasteiger partial charge is 0.497 e. The van der Waals surface area contributed by atoms with Crippen molar-refractivity contribution in [1.29, 1.82) is 0 Å². The molecule has 3 saturated carbocycles. The second kappa shape index (κ2) is 15.7. The third-order valence-corrected chi connectivity index (χ3v) is 14.1. The van der Waals surface area contributed by atoms with E-state index >= 15 is 0 Å². The maximum atomic E-state index is 14.8. The van der Waals surface area contributed by atoms with Crippen molar-refractivity contribution in [2.75, 3.05) is 13.7 Å². The fraction of sp³-hybridized carbons (Fsp3) is 0.533. The van der Waals surface area contributed by atoms with Crippen LogP contribution in [-0.4, -0.2) is 89.8 Å². The first-order chi connectivity index (χ1) is 28.2. The lowest BCUT2D eigenvalue weighted by Gasteiger charge is -2.36. The number of carbonyl (C=O) groups is 4. The molecule has 0 radical (unpaired) electrons. The van der Waals surface area contributed by atoms with Gasteiger partial charge >= 0.3 is 6.09 Å². The van der Waals surface area contributed by atoms with E-state index in [-0.39, 0.29) is 19.4 Å². The normalized spacial score (nSPS) is 23.9. The van der Waals surface area contributed by atoms with Crippen LogP contribution >= 0.6 is 0 Å². The van der Waals surface area contributed by atoms with Gasteiger partial charge in [-0.15, -0.1) is 6.58 Å². The van der Waals surface area contributed by atoms with Crippen molar-refractivity contribution in [2.45, 2.75) is 121 Å². The Kier molecular flexibility index (Phi) is 11.2. The van der Waals surface area contributed by atoms with Gasteiger partial charge in [0, 0.05) is 35.4 Å². The molecule has 4 fully saturated rings. The first kappa shape index (κ1) is 42.9. The van der Waals surface area contributed by atoms with E-state index in [2.05, 4.69) is 21.9 Å². The van der Waals surface area contributed by atoms with Gasteiger partial charge < -0.3 is 29.7 Å². The number of fused-ring (bicyclic) bond motifs is 1. The number of ether oxygens (including phenoxy) is 3. The summed E-state index contributed by atoms with van der Waals surface area (Å²) in [6.07, 6.45) is 3.59. The average molecular weight is 844 g/mol. The molecule has 2 heterocycles. The van der Waals surface area contributed by atoms with Gasteiger partial charge in [-0.1, -0.05) is 70.0 Å². The Labute approximate surface area is 352 Å². The molecule has 7 rings (SSSR count). The smallest absolute Gasteiger partial charge is 0.408 e. The van der Waals surface area contributed by atoms with E-state index < -0.39 is 79.2 Å². The van der Waals surface area contributed by atoms with Crippen molar-refractivity contribution in [3.63, 3.8) is 0 Å². The Hall–Kier alpha value is -5.18. The highest BCUT2D eigenvalue weighted by Crippen LogP contribution is 2.53. The highest BCUT2D eigenvalue weighted by molar-refractivity contribution is 7.91. The molecule has 322 valence electrons. The van der Waals surface area contributed by atoms with Crippen LogP contribution in [0.5, 0.6) is 11.5 Å². The molecule has 1 saturated heterocycles. The summed E-state index contributed by atoms with van der Waals surface area (Å²) in [6.45, 7) is 14.3. The number of amides is 4. The number of hydrogen-bond donors (Lipinski definition) is 3. The summed E-state index contributed by atoms with van der Waals surface area (Å²) in [4.78, 5) is 62.9. The summed E-state index contributed by atoms with van der Waals surface area (Å²) in [5, 5.41) is 6.30. The van der Waals surface area contributed by atoms with Crippen molar-refractivity contribution in [1.82, 2.24) is 25.2 Å². The molecule has 0 spiro atoms. The van der Waals surface area contributed by atoms with E-state index in [0.717, 1.165) is 18.4 Å². The number of carbonyl (C=O) groups excluding carboxylic acids is 4. The van der Waals surface area contributed by atoms with Crippen LogP contribution in [0.2, 0.25) is 0 Å². The van der Waals surface area contributed by atoms with Crippen LogP contribution in [0.3, 0.4) is 0 Å². The minimum absolute atomic E-state index is 0.0147. The first-order valence-electron chi connectivity index (χ1n) is 20.7. The molecular weight excluding hydrogens is 787 g/mol. The van der Waals surface area contributed by atoms with Crippen molar-refractivity contribution < 1.29 is 41.8 Å². The fourth-order valence-corrected chi connectivity index (χ4v) is 9.92. The summed E-state index contributed by atoms with van der Waals surface area (Å²) in [7, 11) is -2.46. The molecule has 1 aliphatic heterocycles. The summed E-state index contributed by atoms with van der Waals surface area (Å²) in [5.41, 5.74) is -1.17. The molecule has 14 nitrogen and oxygen atoms in total. The molecule has 4 amide bonds. The maximum absolute atomic E-state index is 14.8. The van der Waals surface area contributed by atoms with Crippen LogP contribution in [-0.2, 0) is 29.1 Å². The lowest BCUT2D eigenvalue weighted by molar-refractivity contribution is -0.143. The first-order valence-corrected chi connectivity index (χ1v) is 22.2. The van der Waals surface area contributed by atoms with Crippen LogP contribution in [0.1, 0.15) is 86.5 Å². The number of pyridine rings is 1. The molecule has 0 bridgehead atoms. The molecule has 60 heavy (non-hydrogen) atoms. The van der Waals surface area contributed by atoms with Crippen LogP contribution in [0.4, 0.5) is 4.79 Å². The van der Waals surface area contributed by atoms with Crippen molar-refractivity contribution in [3.05, 3.63) is 67.3 Å². The third-order valence-electron chi connectivity index (χ3n) is 12.0. The Balaban J connectivity index is 1.20. The number of sulfonamides is 1. The molecule has 3 N–H and O–H groups in total. The van der Waals surface area contributed by atoms with Gasteiger partial charge in [0.2, 0.25) is 21.8 Å². The van der Waals surface area contributed by atoms with Crippen LogP contribution in [0.25, 0.3) is 22.2 Å². The number of alkyl carbamates (subject to hydrolysis) is 1. The number of likely N-dealkylation sites (tertiary alicyclic amines) is 1. The maximum Gasteiger partial charge on any atom is 0.408 e. The number of nitrogens with one attached hydrogen (secondary N) is 3. The molecule has 3 aliphatic carbocycles. The lowest BCUT2D eigenvalue weighted by atomic mass is 9.85. The van der Waals surface area contributed by atoms with Crippen LogP contribution < -0.4 is 24.8 Å². The molecule has 5 atom stereocenters. The molecule has 2 unspecified atom stereocenters. The summed E-state index contributed by atoms with van der Waals surface area (Å²) in [6, 6.07) is 14.5. The number of rotatable bonds is 14. The van der Waals surface area contributed by atoms with E-state index in [9.17, 15) is 27.6 Å². The number of nitrogens with zero attached hydrogens (tertiary/aromatic N) is 2. The molecular formula is C45H57N5O9S. The van der Waals surface area contributed by atoms with E-state index in [0.29, 0.717) is 53.3 Å². The van der Waals surface area contributed by atoms with Gasteiger partial charge in [0.25, 0.3) is 5.91 Å². The van der Waals surface area contributed by atoms with E-state index in [4.69, 9.17) is 19.2 Å². The Bertz CT molecular complexity index is 2300. The quantitative estimate of drug-likeness (QED) is 0.162. The van der Waals surface area contributed by atoms with E-state index in [1.807, 2.05) is 42.5 Å². The Morgan fingerprint density at radius 1 is 1.02 bits per heavy atom. The topological polar surface area (TPSA) is 182 Å². The number of benzene rings is 2. The van der Waals surface area contributed by atoms with Gasteiger partial charge in [-0.05, 0) is 69.9 Å². The van der Waals surface area contributed by atoms with Gasteiger partial charge in [-0.25, -0.2) is 18.2 Å². The highest BCUT2D eigenvalue weighted by atomic mass is 32.2. The predicted molar refractivity (Wildman–Crippen MR) is 226 cm³/mol. The lowest BCUT2D eigenvalue weighted by Crippen LogP contribution is -2.60. The number of hydrogen-bond acceptors (Lipinski definition) is 10. The zero-order valence-corrected chi connectivity index (χ0v) is 36.3. The highest BCUT2D eigenvalue weighted by Gasteiger charge is 2.64. The second-order valence-electron chi connectivity index (χ2n) is 19.0. The average Bonchev–Trinajstić information content (AvgIpc) is 4.13. The van der Waals surface area contributed by atoms with Crippen LogP contribution in [0.15, 0.2) is 67.3 Å². The summed E-state index contributed by atoms with van der Waals surface area (Å²) < 4.78 is 46.4. The van der Waals surface area contributed by atoms with E-state index in [1.165, 1.54) is 11.0 Å². The van der Waals surface area contributed by atoms with Crippen molar-refractivity contribution in [3.8, 4) is 22.8 Å². The molecule has 4 aliphatic rings. The molecule has 1 aromatic heterocycles. The fourth-order valence-electron chi connectivity index (χ4n) is 8.18. The minimum atomic E-state index is -4.03. The van der Waals surface area contributed by atoms with Crippen LogP contribution in [0, 0.1) is 17.3 Å². The summed E-state index contributed by atoms with van der Waals surface area (Å²) in [5.74, 6) is -1.17. The van der Waals surface area contributed by atoms with Gasteiger partial charge in [0.05, 0.1) is 29.6 Å². The zero-order valence-electron chi connectivity index (χ0n) is 35.5. The monoisotopic (exact) mass is 843 g/mol. The second-order valence-corrected chi connectivity index (χ2v) is 21.0. The molecule has 2 aromatic carbocycles. The Morgan fingerprint density at radius 3 is 2.30 bits per heavy atom. The molecule has 3 aromatic rings. The SMILES string of the molecule is C=CC1CC1(NC(=O)[C@@H]1C[C@@H](Oc2cc(-c3ccccc3)nc3cc(OC)ccc23)CN1C(=O)[C@@H](NC(=O)OC(C)(C)C)C(C)(C)C)C(=O)NS(=O)(=O)C1(CC2CC2)CC1. The van der Waals surface area contributed by atoms with Gasteiger partial charge in [-0.2, -0.15) is 0 Å². The van der Waals surface area contributed by atoms with Gasteiger partial charge in [0.15, 0.2) is 0 Å². The number of aromatic nitrogens is 1. The third kappa shape index (κ3) is 8.96. The Morgan fingerprint density at radius 2 is 1.72 bits per heavy atom. The standard InChI is InChI=1S/C45H57N5O9S/c1-9-29-25-45(29,40(53)49-60(55,56)44(19-20-44)24-27-15-16-27)48-38(51)35-22-31(26-50(35)39(52)37(42(2,3)4)47-41(54)59-43(5,6)7)58-36-23-33(28-13-11-10-12-14-28)46-34-21-30(57-8)17-18-32(34)36/h9-14,17-18,21,23,27,29,31,35,37H,1,15-16,19-20,22,24-26H2,2-8H3,(H,47,54)(H,48,51)(H,49,53)/t29?,31-,35+,37-,45?/m1/s1.